The van der Waals surface area contributed by atoms with E-state index in [9.17, 15) is 9.59 Å². The van der Waals surface area contributed by atoms with E-state index >= 15 is 0 Å². The van der Waals surface area contributed by atoms with Gasteiger partial charge in [-0.1, -0.05) is 20.8 Å². The van der Waals surface area contributed by atoms with Crippen molar-refractivity contribution in [3.05, 3.63) is 36.0 Å². The summed E-state index contributed by atoms with van der Waals surface area (Å²) in [6, 6.07) is 9.26. The zero-order chi connectivity index (χ0) is 24.4. The number of anilines is 3. The number of carbonyl (C=O) groups excluding carboxylic acids is 2. The van der Waals surface area contributed by atoms with Crippen molar-refractivity contribution >= 4 is 29.3 Å². The van der Waals surface area contributed by atoms with E-state index in [0.29, 0.717) is 24.6 Å². The highest BCUT2D eigenvalue weighted by Crippen LogP contribution is 2.24. The Kier molecular flexibility index (Phi) is 6.90. The summed E-state index contributed by atoms with van der Waals surface area (Å²) >= 11 is 0. The summed E-state index contributed by atoms with van der Waals surface area (Å²) in [5.41, 5.74) is 2.07. The quantitative estimate of drug-likeness (QED) is 0.713. The molecule has 2 heterocycles. The number of benzene rings is 1. The molecule has 2 N–H and O–H groups in total. The lowest BCUT2D eigenvalue weighted by Crippen LogP contribution is -2.50. The van der Waals surface area contributed by atoms with E-state index < -0.39 is 5.60 Å². The number of ether oxygens (including phenoxy) is 1. The first-order chi connectivity index (χ1) is 15.3. The molecule has 3 rings (SSSR count). The first-order valence-corrected chi connectivity index (χ1v) is 11.3. The molecule has 3 amide bonds. The van der Waals surface area contributed by atoms with Crippen LogP contribution in [0.15, 0.2) is 30.3 Å². The van der Waals surface area contributed by atoms with Crippen LogP contribution in [-0.4, -0.2) is 58.6 Å². The maximum atomic E-state index is 12.5. The summed E-state index contributed by atoms with van der Waals surface area (Å²) in [4.78, 5) is 28.7. The molecule has 1 saturated heterocycles. The third-order valence-corrected chi connectivity index (χ3v) is 5.31. The number of aryl methyl sites for hydroxylation is 1. The predicted octanol–water partition coefficient (Wildman–Crippen LogP) is 4.42. The van der Waals surface area contributed by atoms with Crippen LogP contribution >= 0.6 is 0 Å². The minimum Gasteiger partial charge on any atom is -0.444 e. The number of rotatable bonds is 3. The number of amides is 3. The summed E-state index contributed by atoms with van der Waals surface area (Å²) in [6.07, 6.45) is -0.268. The molecule has 0 saturated carbocycles. The largest absolute Gasteiger partial charge is 0.444 e. The van der Waals surface area contributed by atoms with Crippen molar-refractivity contribution < 1.29 is 14.3 Å². The molecule has 1 aromatic heterocycles. The number of carbonyl (C=O) groups is 2. The maximum absolute atomic E-state index is 12.5. The molecular weight excluding hydrogens is 420 g/mol. The lowest BCUT2D eigenvalue weighted by Gasteiger charge is -2.36. The van der Waals surface area contributed by atoms with Crippen LogP contribution in [0.4, 0.5) is 26.8 Å². The van der Waals surface area contributed by atoms with E-state index in [1.165, 1.54) is 0 Å². The molecule has 0 unspecified atom stereocenters. The topological polar surface area (TPSA) is 91.7 Å². The summed E-state index contributed by atoms with van der Waals surface area (Å²) in [5.74, 6) is 0.636. The second-order valence-corrected chi connectivity index (χ2v) is 10.4. The van der Waals surface area contributed by atoms with Crippen LogP contribution in [-0.2, 0) is 17.2 Å². The molecule has 1 aliphatic rings. The van der Waals surface area contributed by atoms with E-state index in [4.69, 9.17) is 4.74 Å². The van der Waals surface area contributed by atoms with Crippen molar-refractivity contribution in [3.63, 3.8) is 0 Å². The van der Waals surface area contributed by atoms with Crippen LogP contribution in [0.1, 0.15) is 47.2 Å². The Hall–Kier alpha value is -3.23. The zero-order valence-electron chi connectivity index (χ0n) is 20.7. The van der Waals surface area contributed by atoms with Crippen LogP contribution in [0.25, 0.3) is 0 Å². The van der Waals surface area contributed by atoms with Crippen LogP contribution in [0, 0.1) is 0 Å². The van der Waals surface area contributed by atoms with Gasteiger partial charge in [0.1, 0.15) is 11.4 Å². The Morgan fingerprint density at radius 1 is 0.939 bits per heavy atom. The SMILES string of the molecule is Cn1nc(C(C)(C)C)cc1NC(=O)Nc1ccc(N2CCN(C(=O)OC(C)(C)C)CC2)cc1. The fraction of sp³-hybridized carbons (Fsp3) is 0.542. The van der Waals surface area contributed by atoms with Gasteiger partial charge in [-0.3, -0.25) is 10.00 Å². The number of aromatic nitrogens is 2. The molecule has 0 aliphatic carbocycles. The first kappa shape index (κ1) is 24.4. The molecule has 0 bridgehead atoms. The minimum atomic E-state index is -0.491. The second-order valence-electron chi connectivity index (χ2n) is 10.4. The third-order valence-electron chi connectivity index (χ3n) is 5.31. The lowest BCUT2D eigenvalue weighted by molar-refractivity contribution is 0.0240. The van der Waals surface area contributed by atoms with Gasteiger partial charge in [-0.2, -0.15) is 5.10 Å². The third kappa shape index (κ3) is 6.63. The fourth-order valence-corrected chi connectivity index (χ4v) is 3.46. The number of piperazine rings is 1. The minimum absolute atomic E-state index is 0.0949. The first-order valence-electron chi connectivity index (χ1n) is 11.3. The van der Waals surface area contributed by atoms with Gasteiger partial charge in [-0.25, -0.2) is 9.59 Å². The van der Waals surface area contributed by atoms with Gasteiger partial charge < -0.3 is 19.9 Å². The number of urea groups is 1. The standard InChI is InChI=1S/C24H36N6O3/c1-23(2,3)19-16-20(28(7)27-19)26-21(31)25-17-8-10-18(11-9-17)29-12-14-30(15-13-29)22(32)33-24(4,5)6/h8-11,16H,12-15H2,1-7H3,(H2,25,26,31). The average molecular weight is 457 g/mol. The Balaban J connectivity index is 1.52. The van der Waals surface area contributed by atoms with Gasteiger partial charge in [0, 0.05) is 56.1 Å². The molecule has 33 heavy (non-hydrogen) atoms. The number of hydrogen-bond acceptors (Lipinski definition) is 5. The summed E-state index contributed by atoms with van der Waals surface area (Å²) < 4.78 is 7.12. The highest BCUT2D eigenvalue weighted by atomic mass is 16.6. The van der Waals surface area contributed by atoms with Gasteiger partial charge in [-0.15, -0.1) is 0 Å². The lowest BCUT2D eigenvalue weighted by atomic mass is 9.92. The van der Waals surface area contributed by atoms with E-state index in [-0.39, 0.29) is 17.5 Å². The van der Waals surface area contributed by atoms with Crippen molar-refractivity contribution in [3.8, 4) is 0 Å². The van der Waals surface area contributed by atoms with Crippen molar-refractivity contribution in [2.45, 2.75) is 52.6 Å². The maximum Gasteiger partial charge on any atom is 0.410 e. The van der Waals surface area contributed by atoms with E-state index in [1.54, 1.807) is 9.58 Å². The summed E-state index contributed by atoms with van der Waals surface area (Å²) in [7, 11) is 1.81. The van der Waals surface area contributed by atoms with Crippen molar-refractivity contribution in [2.75, 3.05) is 41.7 Å². The number of nitrogens with zero attached hydrogens (tertiary/aromatic N) is 4. The molecule has 9 nitrogen and oxygen atoms in total. The monoisotopic (exact) mass is 456 g/mol. The molecule has 9 heteroatoms. The summed E-state index contributed by atoms with van der Waals surface area (Å²) in [6.45, 7) is 14.5. The molecule has 180 valence electrons. The molecule has 0 atom stereocenters. The van der Waals surface area contributed by atoms with Crippen molar-refractivity contribution in [1.82, 2.24) is 14.7 Å². The van der Waals surface area contributed by atoms with E-state index in [1.807, 2.05) is 58.2 Å². The van der Waals surface area contributed by atoms with Crippen LogP contribution in [0.2, 0.25) is 0 Å². The number of nitrogens with one attached hydrogen (secondary N) is 2. The average Bonchev–Trinajstić information content (AvgIpc) is 3.08. The van der Waals surface area contributed by atoms with Gasteiger partial charge in [0.15, 0.2) is 0 Å². The molecule has 1 fully saturated rings. The van der Waals surface area contributed by atoms with Gasteiger partial charge >= 0.3 is 12.1 Å². The molecule has 2 aromatic rings. The van der Waals surface area contributed by atoms with E-state index in [0.717, 1.165) is 24.5 Å². The normalized spacial score (nSPS) is 14.8. The zero-order valence-corrected chi connectivity index (χ0v) is 20.7. The Bertz CT molecular complexity index is 977. The Morgan fingerprint density at radius 2 is 1.55 bits per heavy atom. The molecular formula is C24H36N6O3. The van der Waals surface area contributed by atoms with Crippen molar-refractivity contribution in [2.24, 2.45) is 7.05 Å². The second kappa shape index (κ2) is 9.33. The highest BCUT2D eigenvalue weighted by molar-refractivity contribution is 5.99. The van der Waals surface area contributed by atoms with Crippen LogP contribution in [0.3, 0.4) is 0 Å². The molecule has 1 aliphatic heterocycles. The van der Waals surface area contributed by atoms with Gasteiger partial charge in [-0.05, 0) is 45.0 Å². The smallest absolute Gasteiger partial charge is 0.410 e. The predicted molar refractivity (Wildman–Crippen MR) is 131 cm³/mol. The van der Waals surface area contributed by atoms with Gasteiger partial charge in [0.2, 0.25) is 0 Å². The Labute approximate surface area is 196 Å². The van der Waals surface area contributed by atoms with E-state index in [2.05, 4.69) is 41.4 Å². The fourth-order valence-electron chi connectivity index (χ4n) is 3.46. The van der Waals surface area contributed by atoms with Crippen LogP contribution < -0.4 is 15.5 Å². The van der Waals surface area contributed by atoms with Gasteiger partial charge in [0.25, 0.3) is 0 Å². The van der Waals surface area contributed by atoms with Crippen molar-refractivity contribution in [1.29, 1.82) is 0 Å². The summed E-state index contributed by atoms with van der Waals surface area (Å²) in [5, 5.41) is 10.2. The highest BCUT2D eigenvalue weighted by Gasteiger charge is 2.26. The molecule has 1 aromatic carbocycles. The molecule has 0 spiro atoms. The molecule has 0 radical (unpaired) electrons. The Morgan fingerprint density at radius 3 is 2.06 bits per heavy atom. The number of hydrogen-bond donors (Lipinski definition) is 2. The van der Waals surface area contributed by atoms with Gasteiger partial charge in [0.05, 0.1) is 5.69 Å². The van der Waals surface area contributed by atoms with Crippen LogP contribution in [0.5, 0.6) is 0 Å².